The minimum Gasteiger partial charge on any atom is -0.314 e. The molecule has 0 spiro atoms. The van der Waals surface area contributed by atoms with E-state index in [2.05, 4.69) is 62.7 Å². The van der Waals surface area contributed by atoms with Crippen LogP contribution in [0.2, 0.25) is 0 Å². The number of fused-ring (bicyclic) bond motifs is 1. The second-order valence-electron chi connectivity index (χ2n) is 6.27. The van der Waals surface area contributed by atoms with Crippen LogP contribution in [0.25, 0.3) is 10.1 Å². The van der Waals surface area contributed by atoms with Crippen molar-refractivity contribution >= 4 is 21.4 Å². The molecule has 1 aromatic heterocycles. The Kier molecular flexibility index (Phi) is 4.64. The van der Waals surface area contributed by atoms with Gasteiger partial charge in [-0.15, -0.1) is 11.3 Å². The Labute approximate surface area is 121 Å². The summed E-state index contributed by atoms with van der Waals surface area (Å²) in [7, 11) is 0. The van der Waals surface area contributed by atoms with Crippen LogP contribution in [-0.4, -0.2) is 12.6 Å². The Morgan fingerprint density at radius 1 is 1.21 bits per heavy atom. The van der Waals surface area contributed by atoms with Gasteiger partial charge in [0.15, 0.2) is 0 Å². The highest BCUT2D eigenvalue weighted by Crippen LogP contribution is 2.28. The van der Waals surface area contributed by atoms with Gasteiger partial charge in [-0.3, -0.25) is 0 Å². The van der Waals surface area contributed by atoms with E-state index in [0.29, 0.717) is 11.5 Å². The van der Waals surface area contributed by atoms with Crippen molar-refractivity contribution in [3.8, 4) is 0 Å². The first-order valence-electron chi connectivity index (χ1n) is 7.21. The Morgan fingerprint density at radius 2 is 2.00 bits per heavy atom. The number of nitrogens with one attached hydrogen (secondary N) is 1. The Balaban J connectivity index is 2.10. The molecule has 0 bridgehead atoms. The van der Waals surface area contributed by atoms with Crippen molar-refractivity contribution in [2.45, 2.75) is 46.6 Å². The summed E-state index contributed by atoms with van der Waals surface area (Å²) in [5, 5.41) is 7.22. The van der Waals surface area contributed by atoms with E-state index in [-0.39, 0.29) is 0 Å². The lowest BCUT2D eigenvalue weighted by Crippen LogP contribution is -2.40. The predicted octanol–water partition coefficient (Wildman–Crippen LogP) is 4.86. The van der Waals surface area contributed by atoms with Gasteiger partial charge in [0.05, 0.1) is 0 Å². The van der Waals surface area contributed by atoms with E-state index < -0.39 is 0 Å². The van der Waals surface area contributed by atoms with Crippen LogP contribution in [0.15, 0.2) is 29.6 Å². The molecule has 1 unspecified atom stereocenters. The van der Waals surface area contributed by atoms with Crippen LogP contribution in [0.4, 0.5) is 0 Å². The number of thiophene rings is 1. The molecule has 1 nitrogen and oxygen atoms in total. The molecular formula is C17H25NS. The lowest BCUT2D eigenvalue weighted by atomic mass is 9.83. The normalized spacial score (nSPS) is 13.9. The Morgan fingerprint density at radius 3 is 2.68 bits per heavy atom. The minimum absolute atomic E-state index is 0.319. The van der Waals surface area contributed by atoms with Crippen molar-refractivity contribution < 1.29 is 0 Å². The second kappa shape index (κ2) is 6.06. The van der Waals surface area contributed by atoms with E-state index in [4.69, 9.17) is 0 Å². The van der Waals surface area contributed by atoms with Crippen molar-refractivity contribution in [1.29, 1.82) is 0 Å². The standard InChI is InChI=1S/C17H25NS/c1-5-18-15(17(2,3)4)10-9-13-7-6-8-14-11-12-19-16(13)14/h6-8,11-12,15,18H,5,9-10H2,1-4H3. The summed E-state index contributed by atoms with van der Waals surface area (Å²) in [5.74, 6) is 0. The molecule has 0 aliphatic carbocycles. The monoisotopic (exact) mass is 275 g/mol. The number of hydrogen-bond donors (Lipinski definition) is 1. The number of aryl methyl sites for hydroxylation is 1. The van der Waals surface area contributed by atoms with Crippen LogP contribution < -0.4 is 5.32 Å². The number of hydrogen-bond acceptors (Lipinski definition) is 2. The molecule has 19 heavy (non-hydrogen) atoms. The van der Waals surface area contributed by atoms with Crippen LogP contribution in [-0.2, 0) is 6.42 Å². The summed E-state index contributed by atoms with van der Waals surface area (Å²) in [4.78, 5) is 0. The molecule has 1 N–H and O–H groups in total. The van der Waals surface area contributed by atoms with Gasteiger partial charge in [0.1, 0.15) is 0 Å². The maximum atomic E-state index is 3.64. The van der Waals surface area contributed by atoms with Crippen LogP contribution in [0.1, 0.15) is 39.7 Å². The maximum Gasteiger partial charge on any atom is 0.0374 e. The average molecular weight is 275 g/mol. The summed E-state index contributed by atoms with van der Waals surface area (Å²) in [5.41, 5.74) is 1.82. The third-order valence-electron chi connectivity index (χ3n) is 3.76. The van der Waals surface area contributed by atoms with Crippen molar-refractivity contribution in [3.05, 3.63) is 35.2 Å². The third-order valence-corrected chi connectivity index (χ3v) is 4.76. The first-order chi connectivity index (χ1) is 9.02. The van der Waals surface area contributed by atoms with Gasteiger partial charge < -0.3 is 5.32 Å². The summed E-state index contributed by atoms with van der Waals surface area (Å²) >= 11 is 1.87. The first-order valence-corrected chi connectivity index (χ1v) is 8.09. The molecule has 0 aliphatic heterocycles. The fraction of sp³-hybridized carbons (Fsp3) is 0.529. The highest BCUT2D eigenvalue weighted by molar-refractivity contribution is 7.17. The van der Waals surface area contributed by atoms with Crippen molar-refractivity contribution in [2.24, 2.45) is 5.41 Å². The minimum atomic E-state index is 0.319. The fourth-order valence-corrected chi connectivity index (χ4v) is 3.58. The first kappa shape index (κ1) is 14.5. The van der Waals surface area contributed by atoms with Crippen molar-refractivity contribution in [1.82, 2.24) is 5.32 Å². The van der Waals surface area contributed by atoms with Crippen LogP contribution in [0, 0.1) is 5.41 Å². The molecule has 0 fully saturated rings. The molecular weight excluding hydrogens is 250 g/mol. The van der Waals surface area contributed by atoms with Crippen LogP contribution in [0.5, 0.6) is 0 Å². The SMILES string of the molecule is CCNC(CCc1cccc2ccsc12)C(C)(C)C. The van der Waals surface area contributed by atoms with Gasteiger partial charge in [-0.2, -0.15) is 0 Å². The van der Waals surface area contributed by atoms with E-state index in [0.717, 1.165) is 13.0 Å². The molecule has 1 aromatic carbocycles. The van der Waals surface area contributed by atoms with Gasteiger partial charge in [0.2, 0.25) is 0 Å². The molecule has 0 amide bonds. The molecule has 0 saturated carbocycles. The Hall–Kier alpha value is -0.860. The van der Waals surface area contributed by atoms with E-state index in [1.165, 1.54) is 22.1 Å². The van der Waals surface area contributed by atoms with Gasteiger partial charge in [-0.25, -0.2) is 0 Å². The molecule has 2 heteroatoms. The summed E-state index contributed by atoms with van der Waals surface area (Å²) < 4.78 is 1.46. The van der Waals surface area contributed by atoms with Gasteiger partial charge in [-0.05, 0) is 47.2 Å². The zero-order chi connectivity index (χ0) is 13.9. The van der Waals surface area contributed by atoms with Crippen molar-refractivity contribution in [2.75, 3.05) is 6.54 Å². The predicted molar refractivity (Wildman–Crippen MR) is 87.1 cm³/mol. The topological polar surface area (TPSA) is 12.0 Å². The molecule has 2 aromatic rings. The largest absolute Gasteiger partial charge is 0.314 e. The summed E-state index contributed by atoms with van der Waals surface area (Å²) in [6.07, 6.45) is 2.36. The van der Waals surface area contributed by atoms with Gasteiger partial charge in [0, 0.05) is 10.7 Å². The second-order valence-corrected chi connectivity index (χ2v) is 7.19. The molecule has 1 heterocycles. The van der Waals surface area contributed by atoms with Gasteiger partial charge in [0.25, 0.3) is 0 Å². The fourth-order valence-electron chi connectivity index (χ4n) is 2.64. The maximum absolute atomic E-state index is 3.64. The van der Waals surface area contributed by atoms with Crippen LogP contribution in [0.3, 0.4) is 0 Å². The zero-order valence-corrected chi connectivity index (χ0v) is 13.3. The van der Waals surface area contributed by atoms with E-state index in [9.17, 15) is 0 Å². The van der Waals surface area contributed by atoms with E-state index in [1.54, 1.807) is 0 Å². The highest BCUT2D eigenvalue weighted by Gasteiger charge is 2.23. The van der Waals surface area contributed by atoms with E-state index in [1.807, 2.05) is 11.3 Å². The van der Waals surface area contributed by atoms with Gasteiger partial charge in [-0.1, -0.05) is 45.9 Å². The quantitative estimate of drug-likeness (QED) is 0.822. The molecule has 2 rings (SSSR count). The summed E-state index contributed by atoms with van der Waals surface area (Å²) in [6, 6.07) is 9.47. The van der Waals surface area contributed by atoms with Crippen LogP contribution >= 0.6 is 11.3 Å². The zero-order valence-electron chi connectivity index (χ0n) is 12.5. The van der Waals surface area contributed by atoms with Crippen molar-refractivity contribution in [3.63, 3.8) is 0 Å². The number of benzene rings is 1. The third kappa shape index (κ3) is 3.58. The molecule has 0 aliphatic rings. The summed E-state index contributed by atoms with van der Waals surface area (Å²) in [6.45, 7) is 10.2. The molecule has 1 atom stereocenters. The lowest BCUT2D eigenvalue weighted by molar-refractivity contribution is 0.258. The Bertz CT molecular complexity index is 521. The van der Waals surface area contributed by atoms with E-state index >= 15 is 0 Å². The van der Waals surface area contributed by atoms with Gasteiger partial charge >= 0.3 is 0 Å². The molecule has 0 saturated heterocycles. The lowest BCUT2D eigenvalue weighted by Gasteiger charge is -2.31. The average Bonchev–Trinajstić information content (AvgIpc) is 2.81. The highest BCUT2D eigenvalue weighted by atomic mass is 32.1. The number of rotatable bonds is 5. The molecule has 0 radical (unpaired) electrons. The molecule has 104 valence electrons. The smallest absolute Gasteiger partial charge is 0.0374 e.